The largest absolute Gasteiger partial charge is 0.479 e. The second kappa shape index (κ2) is 3.94. The molecule has 0 saturated carbocycles. The zero-order valence-electron chi connectivity index (χ0n) is 8.93. The van der Waals surface area contributed by atoms with Gasteiger partial charge in [0.2, 0.25) is 0 Å². The Hall–Kier alpha value is -1.49. The molecule has 15 heavy (non-hydrogen) atoms. The van der Waals surface area contributed by atoms with Crippen LogP contribution >= 0.6 is 0 Å². The molecular formula is C10H14N2O3. The molecule has 0 aliphatic carbocycles. The molecule has 5 heteroatoms. The van der Waals surface area contributed by atoms with Crippen LogP contribution < -0.4 is 0 Å². The fraction of sp³-hybridized carbons (Fsp3) is 0.500. The first-order valence-corrected chi connectivity index (χ1v) is 4.55. The number of carboxylic acid groups (broad SMARTS) is 1. The molecule has 1 atom stereocenters. The molecule has 0 amide bonds. The SMILES string of the molecule is Cc1cnc(C(C)(C)C(O)C(=O)O)cn1. The Labute approximate surface area is 87.8 Å². The maximum absolute atomic E-state index is 10.7. The molecular weight excluding hydrogens is 196 g/mol. The van der Waals surface area contributed by atoms with Crippen molar-refractivity contribution in [1.29, 1.82) is 0 Å². The number of rotatable bonds is 3. The number of hydrogen-bond acceptors (Lipinski definition) is 4. The van der Waals surface area contributed by atoms with Gasteiger partial charge in [0.05, 0.1) is 11.4 Å². The number of aliphatic hydroxyl groups excluding tert-OH is 1. The molecule has 0 aliphatic heterocycles. The van der Waals surface area contributed by atoms with Gasteiger partial charge < -0.3 is 10.2 Å². The van der Waals surface area contributed by atoms with Gasteiger partial charge in [0, 0.05) is 17.8 Å². The summed E-state index contributed by atoms with van der Waals surface area (Å²) >= 11 is 0. The van der Waals surface area contributed by atoms with Gasteiger partial charge in [-0.15, -0.1) is 0 Å². The van der Waals surface area contributed by atoms with E-state index in [1.165, 1.54) is 6.20 Å². The van der Waals surface area contributed by atoms with E-state index in [1.807, 2.05) is 0 Å². The molecule has 0 aromatic carbocycles. The number of aryl methyl sites for hydroxylation is 1. The summed E-state index contributed by atoms with van der Waals surface area (Å²) in [5.74, 6) is -1.26. The Kier molecular flexibility index (Phi) is 3.04. The molecule has 0 saturated heterocycles. The third-order valence-corrected chi connectivity index (χ3v) is 2.36. The second-order valence-corrected chi connectivity index (χ2v) is 4.01. The van der Waals surface area contributed by atoms with Gasteiger partial charge in [-0.3, -0.25) is 9.97 Å². The molecule has 5 nitrogen and oxygen atoms in total. The van der Waals surface area contributed by atoms with E-state index in [9.17, 15) is 9.90 Å². The summed E-state index contributed by atoms with van der Waals surface area (Å²) in [6.07, 6.45) is 1.54. The number of aliphatic carboxylic acids is 1. The van der Waals surface area contributed by atoms with E-state index >= 15 is 0 Å². The number of nitrogens with zero attached hydrogens (tertiary/aromatic N) is 2. The summed E-state index contributed by atoms with van der Waals surface area (Å²) in [5, 5.41) is 18.2. The van der Waals surface area contributed by atoms with Crippen LogP contribution in [0.5, 0.6) is 0 Å². The molecule has 0 aliphatic rings. The summed E-state index contributed by atoms with van der Waals surface area (Å²) in [6, 6.07) is 0. The smallest absolute Gasteiger partial charge is 0.333 e. The van der Waals surface area contributed by atoms with Crippen molar-refractivity contribution in [3.05, 3.63) is 23.8 Å². The van der Waals surface area contributed by atoms with Crippen LogP contribution in [-0.4, -0.2) is 32.3 Å². The minimum atomic E-state index is -1.49. The van der Waals surface area contributed by atoms with Crippen LogP contribution in [0.1, 0.15) is 25.2 Å². The molecule has 0 radical (unpaired) electrons. The zero-order valence-corrected chi connectivity index (χ0v) is 8.93. The molecule has 82 valence electrons. The lowest BCUT2D eigenvalue weighted by atomic mass is 9.83. The standard InChI is InChI=1S/C10H14N2O3/c1-6-4-12-7(5-11-6)10(2,3)8(13)9(14)15/h4-5,8,13H,1-3H3,(H,14,15). The lowest BCUT2D eigenvalue weighted by molar-refractivity contribution is -0.150. The predicted molar refractivity (Wildman–Crippen MR) is 53.4 cm³/mol. The molecule has 1 rings (SSSR count). The van der Waals surface area contributed by atoms with E-state index in [4.69, 9.17) is 5.11 Å². The van der Waals surface area contributed by atoms with Crippen molar-refractivity contribution in [3.63, 3.8) is 0 Å². The van der Waals surface area contributed by atoms with Crippen molar-refractivity contribution in [1.82, 2.24) is 9.97 Å². The second-order valence-electron chi connectivity index (χ2n) is 4.01. The van der Waals surface area contributed by atoms with Crippen molar-refractivity contribution in [2.24, 2.45) is 0 Å². The lowest BCUT2D eigenvalue weighted by Crippen LogP contribution is -2.40. The third-order valence-electron chi connectivity index (χ3n) is 2.36. The van der Waals surface area contributed by atoms with Gasteiger partial charge in [-0.05, 0) is 6.92 Å². The minimum Gasteiger partial charge on any atom is -0.479 e. The highest BCUT2D eigenvalue weighted by Crippen LogP contribution is 2.24. The maximum Gasteiger partial charge on any atom is 0.333 e. The first-order valence-electron chi connectivity index (χ1n) is 4.55. The monoisotopic (exact) mass is 210 g/mol. The molecule has 0 bridgehead atoms. The number of aromatic nitrogens is 2. The van der Waals surface area contributed by atoms with Crippen molar-refractivity contribution < 1.29 is 15.0 Å². The number of aliphatic hydroxyl groups is 1. The normalized spacial score (nSPS) is 13.6. The van der Waals surface area contributed by atoms with Gasteiger partial charge in [0.15, 0.2) is 6.10 Å². The molecule has 0 spiro atoms. The Morgan fingerprint density at radius 2 is 2.00 bits per heavy atom. The Balaban J connectivity index is 3.05. The van der Waals surface area contributed by atoms with Crippen LogP contribution in [0.2, 0.25) is 0 Å². The van der Waals surface area contributed by atoms with E-state index in [2.05, 4.69) is 9.97 Å². The van der Waals surface area contributed by atoms with Crippen molar-refractivity contribution >= 4 is 5.97 Å². The number of carboxylic acids is 1. The number of carbonyl (C=O) groups is 1. The maximum atomic E-state index is 10.7. The van der Waals surface area contributed by atoms with E-state index in [0.29, 0.717) is 5.69 Å². The highest BCUT2D eigenvalue weighted by Gasteiger charge is 2.36. The molecule has 1 aromatic rings. The van der Waals surface area contributed by atoms with E-state index in [-0.39, 0.29) is 0 Å². The summed E-state index contributed by atoms with van der Waals surface area (Å²) in [4.78, 5) is 18.8. The summed E-state index contributed by atoms with van der Waals surface area (Å²) in [6.45, 7) is 5.02. The van der Waals surface area contributed by atoms with Crippen molar-refractivity contribution in [2.45, 2.75) is 32.3 Å². The van der Waals surface area contributed by atoms with Crippen LogP contribution in [0, 0.1) is 6.92 Å². The Bertz CT molecular complexity index is 359. The molecule has 2 N–H and O–H groups in total. The minimum absolute atomic E-state index is 0.461. The fourth-order valence-corrected chi connectivity index (χ4v) is 1.17. The molecule has 0 fully saturated rings. The Morgan fingerprint density at radius 3 is 2.40 bits per heavy atom. The molecule has 1 aromatic heterocycles. The van der Waals surface area contributed by atoms with Gasteiger partial charge in [0.1, 0.15) is 0 Å². The van der Waals surface area contributed by atoms with Crippen molar-refractivity contribution in [3.8, 4) is 0 Å². The first kappa shape index (κ1) is 11.6. The quantitative estimate of drug-likeness (QED) is 0.759. The van der Waals surface area contributed by atoms with Gasteiger partial charge in [-0.25, -0.2) is 4.79 Å². The average molecular weight is 210 g/mol. The topological polar surface area (TPSA) is 83.3 Å². The van der Waals surface area contributed by atoms with Crippen molar-refractivity contribution in [2.75, 3.05) is 0 Å². The van der Waals surface area contributed by atoms with Gasteiger partial charge in [-0.2, -0.15) is 0 Å². The number of hydrogen-bond donors (Lipinski definition) is 2. The van der Waals surface area contributed by atoms with Crippen LogP contribution in [0.4, 0.5) is 0 Å². The van der Waals surface area contributed by atoms with Crippen LogP contribution in [-0.2, 0) is 10.2 Å². The summed E-state index contributed by atoms with van der Waals surface area (Å²) in [5.41, 5.74) is 0.259. The van der Waals surface area contributed by atoms with E-state index in [1.54, 1.807) is 27.0 Å². The summed E-state index contributed by atoms with van der Waals surface area (Å²) < 4.78 is 0. The highest BCUT2D eigenvalue weighted by molar-refractivity contribution is 5.74. The van der Waals surface area contributed by atoms with Crippen LogP contribution in [0.15, 0.2) is 12.4 Å². The first-order chi connectivity index (χ1) is 6.85. The molecule has 1 unspecified atom stereocenters. The lowest BCUT2D eigenvalue weighted by Gasteiger charge is -2.26. The van der Waals surface area contributed by atoms with E-state index in [0.717, 1.165) is 5.69 Å². The van der Waals surface area contributed by atoms with E-state index < -0.39 is 17.5 Å². The summed E-state index contributed by atoms with van der Waals surface area (Å²) in [7, 11) is 0. The highest BCUT2D eigenvalue weighted by atomic mass is 16.4. The average Bonchev–Trinajstić information content (AvgIpc) is 2.17. The van der Waals surface area contributed by atoms with Gasteiger partial charge in [0.25, 0.3) is 0 Å². The fourth-order valence-electron chi connectivity index (χ4n) is 1.17. The predicted octanol–water partition coefficient (Wildman–Crippen LogP) is 0.508. The molecule has 1 heterocycles. The van der Waals surface area contributed by atoms with Gasteiger partial charge in [-0.1, -0.05) is 13.8 Å². The zero-order chi connectivity index (χ0) is 11.6. The van der Waals surface area contributed by atoms with Gasteiger partial charge >= 0.3 is 5.97 Å². The van der Waals surface area contributed by atoms with Crippen LogP contribution in [0.3, 0.4) is 0 Å². The Morgan fingerprint density at radius 1 is 1.40 bits per heavy atom. The third kappa shape index (κ3) is 2.30. The van der Waals surface area contributed by atoms with Crippen LogP contribution in [0.25, 0.3) is 0 Å².